The van der Waals surface area contributed by atoms with E-state index in [2.05, 4.69) is 17.2 Å². The van der Waals surface area contributed by atoms with Gasteiger partial charge in [-0.25, -0.2) is 4.39 Å². The van der Waals surface area contributed by atoms with Crippen LogP contribution >= 0.6 is 0 Å². The Bertz CT molecular complexity index is 621. The van der Waals surface area contributed by atoms with Crippen LogP contribution < -0.4 is 15.4 Å². The molecule has 2 rings (SSSR count). The lowest BCUT2D eigenvalue weighted by Gasteiger charge is -2.24. The van der Waals surface area contributed by atoms with Crippen molar-refractivity contribution in [2.75, 3.05) is 11.9 Å². The molecular weight excluding hydrogens is 287 g/mol. The summed E-state index contributed by atoms with van der Waals surface area (Å²) < 4.78 is 25.2. The number of hydrogen-bond acceptors (Lipinski definition) is 4. The standard InChI is InChI=1S/C16H21FN2O3/c1-9-14(17)11(7-18-10(2)22-16(3,4)5)6-12-15(9)21-8-13(20)19-12/h6,18H,2,7-8H2,1,3-5H3,(H,19,20). The summed E-state index contributed by atoms with van der Waals surface area (Å²) in [4.78, 5) is 11.4. The highest BCUT2D eigenvalue weighted by atomic mass is 19.1. The lowest BCUT2D eigenvalue weighted by atomic mass is 10.1. The number of amides is 1. The molecule has 1 aromatic rings. The zero-order chi connectivity index (χ0) is 16.5. The molecule has 0 aliphatic carbocycles. The molecule has 2 N–H and O–H groups in total. The summed E-state index contributed by atoms with van der Waals surface area (Å²) in [5.74, 6) is 0.122. The van der Waals surface area contributed by atoms with Crippen LogP contribution in [0.15, 0.2) is 18.5 Å². The van der Waals surface area contributed by atoms with E-state index in [0.717, 1.165) is 0 Å². The van der Waals surface area contributed by atoms with Crippen molar-refractivity contribution >= 4 is 11.6 Å². The van der Waals surface area contributed by atoms with E-state index in [1.54, 1.807) is 13.0 Å². The molecule has 1 amide bonds. The first-order chi connectivity index (χ1) is 10.2. The molecule has 0 fully saturated rings. The van der Waals surface area contributed by atoms with Crippen LogP contribution in [0.2, 0.25) is 0 Å². The summed E-state index contributed by atoms with van der Waals surface area (Å²) >= 11 is 0. The fourth-order valence-electron chi connectivity index (χ4n) is 2.18. The second-order valence-electron chi connectivity index (χ2n) is 6.18. The van der Waals surface area contributed by atoms with E-state index < -0.39 is 0 Å². The first-order valence-electron chi connectivity index (χ1n) is 7.04. The van der Waals surface area contributed by atoms with Gasteiger partial charge in [0.1, 0.15) is 17.2 Å². The summed E-state index contributed by atoms with van der Waals surface area (Å²) in [6.07, 6.45) is 0. The van der Waals surface area contributed by atoms with Crippen molar-refractivity contribution in [3.8, 4) is 5.75 Å². The zero-order valence-electron chi connectivity index (χ0n) is 13.3. The largest absolute Gasteiger partial charge is 0.481 e. The molecule has 0 spiro atoms. The van der Waals surface area contributed by atoms with Gasteiger partial charge in [0.05, 0.1) is 5.69 Å². The molecule has 5 nitrogen and oxygen atoms in total. The van der Waals surface area contributed by atoms with Gasteiger partial charge in [-0.05, 0) is 40.3 Å². The minimum atomic E-state index is -0.379. The highest BCUT2D eigenvalue weighted by molar-refractivity contribution is 5.95. The van der Waals surface area contributed by atoms with E-state index in [-0.39, 0.29) is 30.5 Å². The highest BCUT2D eigenvalue weighted by Gasteiger charge is 2.22. The molecule has 1 aliphatic heterocycles. The molecule has 0 saturated carbocycles. The van der Waals surface area contributed by atoms with Crippen LogP contribution in [0.5, 0.6) is 5.75 Å². The Kier molecular flexibility index (Phi) is 4.30. The Morgan fingerprint density at radius 3 is 2.86 bits per heavy atom. The third kappa shape index (κ3) is 3.69. The summed E-state index contributed by atoms with van der Waals surface area (Å²) in [5.41, 5.74) is 0.877. The average molecular weight is 308 g/mol. The van der Waals surface area contributed by atoms with Crippen LogP contribution in [0, 0.1) is 12.7 Å². The van der Waals surface area contributed by atoms with Gasteiger partial charge in [-0.1, -0.05) is 0 Å². The van der Waals surface area contributed by atoms with E-state index in [1.165, 1.54) is 0 Å². The molecule has 1 heterocycles. The van der Waals surface area contributed by atoms with Crippen molar-refractivity contribution in [2.45, 2.75) is 39.8 Å². The molecule has 0 atom stereocenters. The topological polar surface area (TPSA) is 59.6 Å². The Labute approximate surface area is 129 Å². The minimum absolute atomic E-state index is 0.0961. The molecule has 120 valence electrons. The fourth-order valence-corrected chi connectivity index (χ4v) is 2.18. The van der Waals surface area contributed by atoms with Crippen molar-refractivity contribution in [1.82, 2.24) is 5.32 Å². The van der Waals surface area contributed by atoms with Gasteiger partial charge in [-0.15, -0.1) is 0 Å². The lowest BCUT2D eigenvalue weighted by molar-refractivity contribution is -0.118. The van der Waals surface area contributed by atoms with Crippen molar-refractivity contribution in [3.63, 3.8) is 0 Å². The lowest BCUT2D eigenvalue weighted by Crippen LogP contribution is -2.27. The second-order valence-corrected chi connectivity index (χ2v) is 6.18. The van der Waals surface area contributed by atoms with Crippen molar-refractivity contribution in [2.24, 2.45) is 0 Å². The van der Waals surface area contributed by atoms with Gasteiger partial charge in [0.15, 0.2) is 12.5 Å². The number of nitrogens with one attached hydrogen (secondary N) is 2. The number of benzene rings is 1. The van der Waals surface area contributed by atoms with Gasteiger partial charge in [-0.3, -0.25) is 4.79 Å². The van der Waals surface area contributed by atoms with Crippen LogP contribution in [0.1, 0.15) is 31.9 Å². The van der Waals surface area contributed by atoms with Gasteiger partial charge in [-0.2, -0.15) is 0 Å². The van der Waals surface area contributed by atoms with Crippen LogP contribution in [0.4, 0.5) is 10.1 Å². The van der Waals surface area contributed by atoms with Crippen molar-refractivity contribution in [3.05, 3.63) is 35.5 Å². The first-order valence-corrected chi connectivity index (χ1v) is 7.04. The number of anilines is 1. The number of halogens is 1. The minimum Gasteiger partial charge on any atom is -0.481 e. The monoisotopic (exact) mass is 308 g/mol. The van der Waals surface area contributed by atoms with Gasteiger partial charge >= 0.3 is 0 Å². The number of fused-ring (bicyclic) bond motifs is 1. The molecule has 22 heavy (non-hydrogen) atoms. The van der Waals surface area contributed by atoms with E-state index in [9.17, 15) is 9.18 Å². The Hall–Kier alpha value is -2.24. The van der Waals surface area contributed by atoms with Crippen LogP contribution in [0.3, 0.4) is 0 Å². The van der Waals surface area contributed by atoms with Gasteiger partial charge in [0.25, 0.3) is 5.91 Å². The molecule has 0 aromatic heterocycles. The fraction of sp³-hybridized carbons (Fsp3) is 0.438. The molecule has 6 heteroatoms. The van der Waals surface area contributed by atoms with Crippen LogP contribution in [-0.2, 0) is 16.1 Å². The number of carbonyl (C=O) groups excluding carboxylic acids is 1. The van der Waals surface area contributed by atoms with E-state index >= 15 is 0 Å². The molecule has 1 aliphatic rings. The summed E-state index contributed by atoms with van der Waals surface area (Å²) in [7, 11) is 0. The Balaban J connectivity index is 2.15. The third-order valence-corrected chi connectivity index (χ3v) is 3.04. The Morgan fingerprint density at radius 2 is 2.23 bits per heavy atom. The molecule has 1 aromatic carbocycles. The summed E-state index contributed by atoms with van der Waals surface area (Å²) in [5, 5.41) is 5.61. The number of rotatable bonds is 4. The number of carbonyl (C=O) groups is 1. The molecule has 0 saturated heterocycles. The Morgan fingerprint density at radius 1 is 1.55 bits per heavy atom. The maximum Gasteiger partial charge on any atom is 0.262 e. The average Bonchev–Trinajstić information content (AvgIpc) is 2.39. The van der Waals surface area contributed by atoms with Crippen molar-refractivity contribution in [1.29, 1.82) is 0 Å². The number of ether oxygens (including phenoxy) is 2. The van der Waals surface area contributed by atoms with Gasteiger partial charge in [0.2, 0.25) is 0 Å². The van der Waals surface area contributed by atoms with E-state index in [1.807, 2.05) is 20.8 Å². The maximum absolute atomic E-state index is 14.4. The molecule has 0 bridgehead atoms. The van der Waals surface area contributed by atoms with Gasteiger partial charge < -0.3 is 20.1 Å². The molecule has 0 unspecified atom stereocenters. The highest BCUT2D eigenvalue weighted by Crippen LogP contribution is 2.35. The van der Waals surface area contributed by atoms with Crippen molar-refractivity contribution < 1.29 is 18.7 Å². The smallest absolute Gasteiger partial charge is 0.262 e. The molecular formula is C16H21FN2O3. The third-order valence-electron chi connectivity index (χ3n) is 3.04. The summed E-state index contributed by atoms with van der Waals surface area (Å²) in [6.45, 7) is 11.2. The van der Waals surface area contributed by atoms with Crippen LogP contribution in [-0.4, -0.2) is 18.1 Å². The van der Waals surface area contributed by atoms with Gasteiger partial charge in [0, 0.05) is 17.7 Å². The quantitative estimate of drug-likeness (QED) is 0.840. The van der Waals surface area contributed by atoms with Crippen LogP contribution in [0.25, 0.3) is 0 Å². The molecule has 0 radical (unpaired) electrons. The normalized spacial score (nSPS) is 13.8. The zero-order valence-corrected chi connectivity index (χ0v) is 13.3. The summed E-state index contributed by atoms with van der Waals surface area (Å²) in [6, 6.07) is 1.56. The SMILES string of the molecule is C=C(NCc1cc2c(c(C)c1F)OCC(=O)N2)OC(C)(C)C. The second kappa shape index (κ2) is 5.87. The van der Waals surface area contributed by atoms with E-state index in [4.69, 9.17) is 9.47 Å². The predicted octanol–water partition coefficient (Wildman–Crippen LogP) is 2.84. The number of hydrogen-bond donors (Lipinski definition) is 2. The first kappa shape index (κ1) is 16.1. The van der Waals surface area contributed by atoms with E-state index in [0.29, 0.717) is 28.4 Å². The predicted molar refractivity (Wildman–Crippen MR) is 82.1 cm³/mol. The maximum atomic E-state index is 14.4.